The summed E-state index contributed by atoms with van der Waals surface area (Å²) in [5.41, 5.74) is -0.677. The average molecular weight is 300 g/mol. The maximum atomic E-state index is 11.9. The van der Waals surface area contributed by atoms with Gasteiger partial charge in [-0.25, -0.2) is 4.79 Å². The molecule has 1 atom stereocenters. The van der Waals surface area contributed by atoms with Gasteiger partial charge in [-0.2, -0.15) is 0 Å². The summed E-state index contributed by atoms with van der Waals surface area (Å²) in [6.07, 6.45) is 1.73. The van der Waals surface area contributed by atoms with Crippen LogP contribution in [0.3, 0.4) is 0 Å². The maximum Gasteiger partial charge on any atom is 0.328 e. The molecule has 1 aromatic carbocycles. The molecule has 1 rings (SSSR count). The first-order valence-corrected chi connectivity index (χ1v) is 6.60. The van der Waals surface area contributed by atoms with Crippen molar-refractivity contribution < 1.29 is 24.7 Å². The second-order valence-electron chi connectivity index (χ2n) is 3.69. The number of carboxylic acids is 1. The van der Waals surface area contributed by atoms with E-state index >= 15 is 0 Å². The zero-order chi connectivity index (χ0) is 15.3. The number of hydrogen-bond donors (Lipinski definition) is 3. The van der Waals surface area contributed by atoms with Gasteiger partial charge in [0.1, 0.15) is 5.56 Å². The van der Waals surface area contributed by atoms with Crippen molar-refractivity contribution in [3.05, 3.63) is 33.9 Å². The molecule has 20 heavy (non-hydrogen) atoms. The Morgan fingerprint density at radius 3 is 2.60 bits per heavy atom. The van der Waals surface area contributed by atoms with E-state index in [0.717, 1.165) is 0 Å². The van der Waals surface area contributed by atoms with Crippen LogP contribution in [0.5, 0.6) is 0 Å². The second kappa shape index (κ2) is 6.87. The number of carboxylic acid groups (broad SMARTS) is 1. The number of nitrogens with zero attached hydrogens (tertiary/aromatic N) is 1. The molecule has 0 fully saturated rings. The first kappa shape index (κ1) is 15.9. The number of nitro groups is 1. The van der Waals surface area contributed by atoms with Crippen LogP contribution in [0.2, 0.25) is 0 Å². The normalized spacial score (nSPS) is 11.7. The molecule has 8 nitrogen and oxygen atoms in total. The van der Waals surface area contributed by atoms with E-state index < -0.39 is 35.1 Å². The number of hydrogen-bond acceptors (Lipinski definition) is 6. The van der Waals surface area contributed by atoms with E-state index in [1.807, 2.05) is 5.32 Å². The highest BCUT2D eigenvalue weighted by Crippen LogP contribution is 2.24. The smallest absolute Gasteiger partial charge is 0.328 e. The molecule has 0 heterocycles. The Kier molecular flexibility index (Phi) is 5.47. The number of carbonyl (C=O) groups excluding carboxylic acids is 1. The van der Waals surface area contributed by atoms with Gasteiger partial charge in [0.25, 0.3) is 11.6 Å². The van der Waals surface area contributed by atoms with Gasteiger partial charge >= 0.3 is 5.97 Å². The van der Waals surface area contributed by atoms with Crippen LogP contribution in [-0.4, -0.2) is 45.9 Å². The van der Waals surface area contributed by atoms with Crippen LogP contribution in [0.15, 0.2) is 23.1 Å². The van der Waals surface area contributed by atoms with Crippen LogP contribution in [0.25, 0.3) is 0 Å². The monoisotopic (exact) mass is 300 g/mol. The quantitative estimate of drug-likeness (QED) is 0.396. The number of nitro benzene ring substituents is 1. The molecule has 1 aromatic rings. The number of aliphatic carboxylic acids is 1. The van der Waals surface area contributed by atoms with Crippen molar-refractivity contribution >= 4 is 29.3 Å². The Morgan fingerprint density at radius 2 is 2.15 bits per heavy atom. The SMILES string of the molecule is CSc1ccc([N+](=O)[O-])c(C(=O)N[C@H](CO)C(=O)O)c1. The molecule has 3 N–H and O–H groups in total. The van der Waals surface area contributed by atoms with E-state index in [2.05, 4.69) is 0 Å². The molecular weight excluding hydrogens is 288 g/mol. The lowest BCUT2D eigenvalue weighted by Crippen LogP contribution is -2.43. The first-order valence-electron chi connectivity index (χ1n) is 5.37. The van der Waals surface area contributed by atoms with Gasteiger partial charge in [0.05, 0.1) is 11.5 Å². The third-order valence-electron chi connectivity index (χ3n) is 2.43. The third kappa shape index (κ3) is 3.68. The minimum absolute atomic E-state index is 0.249. The summed E-state index contributed by atoms with van der Waals surface area (Å²) in [6, 6.07) is 2.45. The van der Waals surface area contributed by atoms with E-state index in [-0.39, 0.29) is 5.56 Å². The van der Waals surface area contributed by atoms with Crippen molar-refractivity contribution in [2.24, 2.45) is 0 Å². The fourth-order valence-corrected chi connectivity index (χ4v) is 1.84. The fraction of sp³-hybridized carbons (Fsp3) is 0.273. The number of aliphatic hydroxyl groups is 1. The molecule has 108 valence electrons. The molecule has 0 aliphatic heterocycles. The Balaban J connectivity index is 3.12. The molecule has 0 radical (unpaired) electrons. The molecule has 0 aliphatic rings. The Morgan fingerprint density at radius 1 is 1.50 bits per heavy atom. The van der Waals surface area contributed by atoms with E-state index in [9.17, 15) is 19.7 Å². The van der Waals surface area contributed by atoms with Crippen molar-refractivity contribution in [1.29, 1.82) is 0 Å². The highest BCUT2D eigenvalue weighted by molar-refractivity contribution is 7.98. The predicted molar refractivity (Wildman–Crippen MR) is 70.9 cm³/mol. The summed E-state index contributed by atoms with van der Waals surface area (Å²) in [5, 5.41) is 30.5. The molecule has 0 aromatic heterocycles. The van der Waals surface area contributed by atoms with Crippen LogP contribution < -0.4 is 5.32 Å². The van der Waals surface area contributed by atoms with Crippen molar-refractivity contribution in [1.82, 2.24) is 5.32 Å². The van der Waals surface area contributed by atoms with Gasteiger partial charge in [0, 0.05) is 11.0 Å². The lowest BCUT2D eigenvalue weighted by Gasteiger charge is -2.12. The lowest BCUT2D eigenvalue weighted by atomic mass is 10.1. The summed E-state index contributed by atoms with van der Waals surface area (Å²) >= 11 is 1.28. The Bertz CT molecular complexity index is 548. The highest BCUT2D eigenvalue weighted by Gasteiger charge is 2.25. The number of nitrogens with one attached hydrogen (secondary N) is 1. The van der Waals surface area contributed by atoms with Crippen LogP contribution in [0.1, 0.15) is 10.4 Å². The molecule has 0 saturated heterocycles. The van der Waals surface area contributed by atoms with E-state index in [1.54, 1.807) is 6.26 Å². The zero-order valence-corrected chi connectivity index (χ0v) is 11.2. The predicted octanol–water partition coefficient (Wildman–Crippen LogP) is 0.492. The molecule has 0 saturated carbocycles. The van der Waals surface area contributed by atoms with Crippen LogP contribution in [0.4, 0.5) is 5.69 Å². The second-order valence-corrected chi connectivity index (χ2v) is 4.57. The minimum atomic E-state index is -1.51. The maximum absolute atomic E-state index is 11.9. The van der Waals surface area contributed by atoms with Gasteiger partial charge in [-0.15, -0.1) is 11.8 Å². The van der Waals surface area contributed by atoms with Crippen LogP contribution in [-0.2, 0) is 4.79 Å². The van der Waals surface area contributed by atoms with Crippen molar-refractivity contribution in [3.63, 3.8) is 0 Å². The van der Waals surface area contributed by atoms with E-state index in [4.69, 9.17) is 10.2 Å². The summed E-state index contributed by atoms with van der Waals surface area (Å²) in [5.74, 6) is -2.35. The molecular formula is C11H12N2O6S. The molecule has 9 heteroatoms. The topological polar surface area (TPSA) is 130 Å². The van der Waals surface area contributed by atoms with E-state index in [0.29, 0.717) is 4.90 Å². The average Bonchev–Trinajstić information content (AvgIpc) is 2.43. The Hall–Kier alpha value is -2.13. The first-order chi connectivity index (χ1) is 9.40. The number of benzene rings is 1. The number of amides is 1. The third-order valence-corrected chi connectivity index (χ3v) is 3.16. The van der Waals surface area contributed by atoms with Gasteiger partial charge in [-0.1, -0.05) is 0 Å². The van der Waals surface area contributed by atoms with Crippen molar-refractivity contribution in [2.75, 3.05) is 12.9 Å². The summed E-state index contributed by atoms with van der Waals surface area (Å²) in [6.45, 7) is -0.808. The van der Waals surface area contributed by atoms with E-state index in [1.165, 1.54) is 30.0 Å². The molecule has 0 spiro atoms. The highest BCUT2D eigenvalue weighted by atomic mass is 32.2. The van der Waals surface area contributed by atoms with Crippen LogP contribution in [0, 0.1) is 10.1 Å². The van der Waals surface area contributed by atoms with Crippen molar-refractivity contribution in [2.45, 2.75) is 10.9 Å². The Labute approximate surface area is 117 Å². The number of carbonyl (C=O) groups is 2. The van der Waals surface area contributed by atoms with Crippen molar-refractivity contribution in [3.8, 4) is 0 Å². The molecule has 0 unspecified atom stereocenters. The molecule has 0 bridgehead atoms. The van der Waals surface area contributed by atoms with Gasteiger partial charge in [0.15, 0.2) is 6.04 Å². The number of rotatable bonds is 6. The minimum Gasteiger partial charge on any atom is -0.480 e. The van der Waals surface area contributed by atoms with Gasteiger partial charge in [-0.3, -0.25) is 14.9 Å². The summed E-state index contributed by atoms with van der Waals surface area (Å²) < 4.78 is 0. The largest absolute Gasteiger partial charge is 0.480 e. The summed E-state index contributed by atoms with van der Waals surface area (Å²) in [4.78, 5) is 33.4. The summed E-state index contributed by atoms with van der Waals surface area (Å²) in [7, 11) is 0. The molecule has 1 amide bonds. The molecule has 0 aliphatic carbocycles. The zero-order valence-electron chi connectivity index (χ0n) is 10.4. The lowest BCUT2D eigenvalue weighted by molar-refractivity contribution is -0.385. The standard InChI is InChI=1S/C11H12N2O6S/c1-20-6-2-3-9(13(18)19)7(4-6)10(15)12-8(5-14)11(16)17/h2-4,8,14H,5H2,1H3,(H,12,15)(H,16,17)/t8-/m1/s1. The van der Waals surface area contributed by atoms with Gasteiger partial charge < -0.3 is 15.5 Å². The van der Waals surface area contributed by atoms with Crippen LogP contribution >= 0.6 is 11.8 Å². The van der Waals surface area contributed by atoms with Gasteiger partial charge in [0.2, 0.25) is 0 Å². The number of thioether (sulfide) groups is 1. The fourth-order valence-electron chi connectivity index (χ4n) is 1.40. The van der Waals surface area contributed by atoms with Gasteiger partial charge in [-0.05, 0) is 18.4 Å². The number of aliphatic hydroxyl groups excluding tert-OH is 1.